The third kappa shape index (κ3) is 3.66. The number of rotatable bonds is 5. The summed E-state index contributed by atoms with van der Waals surface area (Å²) in [5.41, 5.74) is 2.29. The Morgan fingerprint density at radius 1 is 1.41 bits per heavy atom. The van der Waals surface area contributed by atoms with Crippen molar-refractivity contribution in [2.75, 3.05) is 17.2 Å². The number of hydrogen-bond donors (Lipinski definition) is 3. The quantitative estimate of drug-likeness (QED) is 0.418. The first kappa shape index (κ1) is 13.4. The zero-order valence-electron chi connectivity index (χ0n) is 10.6. The second kappa shape index (κ2) is 6.13. The van der Waals surface area contributed by atoms with Crippen LogP contribution in [-0.4, -0.2) is 17.6 Å². The molecule has 1 aromatic rings. The number of amides is 1. The molecule has 0 radical (unpaired) electrons. The lowest BCUT2D eigenvalue weighted by Crippen LogP contribution is -2.09. The molecule has 0 fully saturated rings. The Kier molecular flexibility index (Phi) is 4.82. The minimum atomic E-state index is -0.113. The van der Waals surface area contributed by atoms with Gasteiger partial charge in [0.05, 0.1) is 5.69 Å². The van der Waals surface area contributed by atoms with E-state index < -0.39 is 0 Å². The molecule has 0 atom stereocenters. The lowest BCUT2D eigenvalue weighted by Gasteiger charge is -2.15. The number of carbonyl (C=O) groups is 1. The largest absolute Gasteiger partial charge is 0.506 e. The van der Waals surface area contributed by atoms with Gasteiger partial charge in [-0.2, -0.15) is 0 Å². The first-order valence-corrected chi connectivity index (χ1v) is 5.90. The predicted octanol–water partition coefficient (Wildman–Crippen LogP) is 2.87. The normalized spacial score (nSPS) is 10.1. The van der Waals surface area contributed by atoms with Crippen molar-refractivity contribution >= 4 is 17.3 Å². The molecule has 0 aliphatic rings. The summed E-state index contributed by atoms with van der Waals surface area (Å²) in [6, 6.07) is 3.30. The molecule has 0 aliphatic carbocycles. The molecule has 4 heteroatoms. The Balaban J connectivity index is 2.90. The molecule has 0 saturated heterocycles. The topological polar surface area (TPSA) is 61.4 Å². The zero-order chi connectivity index (χ0) is 12.8. The number of aromatic hydroxyl groups is 1. The Morgan fingerprint density at radius 2 is 2.12 bits per heavy atom. The third-order valence-corrected chi connectivity index (χ3v) is 2.59. The van der Waals surface area contributed by atoms with Gasteiger partial charge in [-0.3, -0.25) is 4.79 Å². The maximum atomic E-state index is 11.0. The summed E-state index contributed by atoms with van der Waals surface area (Å²) in [4.78, 5) is 11.0. The van der Waals surface area contributed by atoms with Gasteiger partial charge in [-0.1, -0.05) is 13.3 Å². The fourth-order valence-electron chi connectivity index (χ4n) is 1.64. The Hall–Kier alpha value is -1.71. The van der Waals surface area contributed by atoms with Gasteiger partial charge in [0.15, 0.2) is 0 Å². The molecule has 17 heavy (non-hydrogen) atoms. The van der Waals surface area contributed by atoms with E-state index in [0.29, 0.717) is 5.69 Å². The van der Waals surface area contributed by atoms with Gasteiger partial charge in [0.2, 0.25) is 5.91 Å². The minimum absolute atomic E-state index is 0.113. The van der Waals surface area contributed by atoms with Gasteiger partial charge in [0, 0.05) is 19.2 Å². The Morgan fingerprint density at radius 3 is 2.71 bits per heavy atom. The molecule has 0 aliphatic heterocycles. The number of hydrogen-bond acceptors (Lipinski definition) is 3. The van der Waals surface area contributed by atoms with Crippen molar-refractivity contribution in [1.82, 2.24) is 0 Å². The molecule has 1 aromatic carbocycles. The van der Waals surface area contributed by atoms with Crippen LogP contribution < -0.4 is 10.6 Å². The summed E-state index contributed by atoms with van der Waals surface area (Å²) in [6.07, 6.45) is 2.14. The summed E-state index contributed by atoms with van der Waals surface area (Å²) in [5.74, 6) is 0.103. The van der Waals surface area contributed by atoms with E-state index in [9.17, 15) is 9.90 Å². The monoisotopic (exact) mass is 236 g/mol. The number of benzene rings is 1. The smallest absolute Gasteiger partial charge is 0.221 e. The van der Waals surface area contributed by atoms with Crippen molar-refractivity contribution < 1.29 is 9.90 Å². The highest BCUT2D eigenvalue weighted by molar-refractivity contribution is 5.91. The third-order valence-electron chi connectivity index (χ3n) is 2.59. The average Bonchev–Trinajstić information content (AvgIpc) is 2.27. The summed E-state index contributed by atoms with van der Waals surface area (Å²) in [6.45, 7) is 6.27. The summed E-state index contributed by atoms with van der Waals surface area (Å²) in [5, 5.41) is 15.7. The van der Waals surface area contributed by atoms with E-state index in [1.807, 2.05) is 6.92 Å². The van der Waals surface area contributed by atoms with E-state index in [-0.39, 0.29) is 11.7 Å². The molecule has 0 bridgehead atoms. The lowest BCUT2D eigenvalue weighted by atomic mass is 10.1. The molecular formula is C13H20N2O2. The number of nitrogens with one attached hydrogen (secondary N) is 2. The molecule has 0 aromatic heterocycles. The van der Waals surface area contributed by atoms with Crippen LogP contribution >= 0.6 is 0 Å². The van der Waals surface area contributed by atoms with E-state index in [1.54, 1.807) is 12.1 Å². The van der Waals surface area contributed by atoms with Gasteiger partial charge in [-0.25, -0.2) is 0 Å². The first-order chi connectivity index (χ1) is 8.06. The maximum Gasteiger partial charge on any atom is 0.221 e. The molecule has 94 valence electrons. The molecule has 4 nitrogen and oxygen atoms in total. The molecule has 0 heterocycles. The number of phenols is 1. The summed E-state index contributed by atoms with van der Waals surface area (Å²) in [7, 11) is 0. The van der Waals surface area contributed by atoms with Crippen LogP contribution in [0, 0.1) is 6.92 Å². The molecule has 0 saturated carbocycles. The predicted molar refractivity (Wildman–Crippen MR) is 70.5 cm³/mol. The van der Waals surface area contributed by atoms with Gasteiger partial charge in [-0.15, -0.1) is 0 Å². The average molecular weight is 236 g/mol. The Bertz CT molecular complexity index is 403. The van der Waals surface area contributed by atoms with Crippen molar-refractivity contribution in [3.63, 3.8) is 0 Å². The SMILES string of the molecule is CCCCNc1c(O)ccc(NC(C)=O)c1C. The van der Waals surface area contributed by atoms with Gasteiger partial charge >= 0.3 is 0 Å². The van der Waals surface area contributed by atoms with E-state index >= 15 is 0 Å². The molecule has 0 unspecified atom stereocenters. The first-order valence-electron chi connectivity index (χ1n) is 5.90. The van der Waals surface area contributed by atoms with E-state index in [2.05, 4.69) is 17.6 Å². The van der Waals surface area contributed by atoms with Crippen molar-refractivity contribution in [1.29, 1.82) is 0 Å². The van der Waals surface area contributed by atoms with Crippen LogP contribution in [0.1, 0.15) is 32.3 Å². The number of carbonyl (C=O) groups excluding carboxylic acids is 1. The number of unbranched alkanes of at least 4 members (excludes halogenated alkanes) is 1. The fourth-order valence-corrected chi connectivity index (χ4v) is 1.64. The standard InChI is InChI=1S/C13H20N2O2/c1-4-5-8-14-13-9(2)11(15-10(3)16)6-7-12(13)17/h6-7,14,17H,4-5,8H2,1-3H3,(H,15,16). The van der Waals surface area contributed by atoms with Crippen LogP contribution in [-0.2, 0) is 4.79 Å². The molecule has 3 N–H and O–H groups in total. The highest BCUT2D eigenvalue weighted by atomic mass is 16.3. The van der Waals surface area contributed by atoms with Gasteiger partial charge in [-0.05, 0) is 31.0 Å². The number of phenolic OH excluding ortho intramolecular Hbond substituents is 1. The van der Waals surface area contributed by atoms with Crippen LogP contribution in [0.25, 0.3) is 0 Å². The molecule has 1 rings (SSSR count). The maximum absolute atomic E-state index is 11.0. The molecular weight excluding hydrogens is 216 g/mol. The number of anilines is 2. The van der Waals surface area contributed by atoms with E-state index in [0.717, 1.165) is 30.6 Å². The highest BCUT2D eigenvalue weighted by Crippen LogP contribution is 2.32. The van der Waals surface area contributed by atoms with Crippen LogP contribution in [0.15, 0.2) is 12.1 Å². The summed E-state index contributed by atoms with van der Waals surface area (Å²) >= 11 is 0. The van der Waals surface area contributed by atoms with Crippen LogP contribution in [0.2, 0.25) is 0 Å². The van der Waals surface area contributed by atoms with Crippen LogP contribution in [0.5, 0.6) is 5.75 Å². The summed E-state index contributed by atoms with van der Waals surface area (Å²) < 4.78 is 0. The zero-order valence-corrected chi connectivity index (χ0v) is 10.6. The lowest BCUT2D eigenvalue weighted by molar-refractivity contribution is -0.114. The van der Waals surface area contributed by atoms with Gasteiger partial charge in [0.1, 0.15) is 5.75 Å². The van der Waals surface area contributed by atoms with Gasteiger partial charge in [0.25, 0.3) is 0 Å². The van der Waals surface area contributed by atoms with E-state index in [1.165, 1.54) is 6.92 Å². The van der Waals surface area contributed by atoms with E-state index in [4.69, 9.17) is 0 Å². The van der Waals surface area contributed by atoms with Crippen molar-refractivity contribution in [3.8, 4) is 5.75 Å². The second-order valence-corrected chi connectivity index (χ2v) is 4.09. The minimum Gasteiger partial charge on any atom is -0.506 e. The van der Waals surface area contributed by atoms with Crippen LogP contribution in [0.3, 0.4) is 0 Å². The van der Waals surface area contributed by atoms with Crippen molar-refractivity contribution in [2.24, 2.45) is 0 Å². The highest BCUT2D eigenvalue weighted by Gasteiger charge is 2.09. The van der Waals surface area contributed by atoms with Gasteiger partial charge < -0.3 is 15.7 Å². The second-order valence-electron chi connectivity index (χ2n) is 4.09. The van der Waals surface area contributed by atoms with Crippen molar-refractivity contribution in [2.45, 2.75) is 33.6 Å². The molecule has 0 spiro atoms. The molecule has 1 amide bonds. The van der Waals surface area contributed by atoms with Crippen LogP contribution in [0.4, 0.5) is 11.4 Å². The Labute approximate surface area is 102 Å². The van der Waals surface area contributed by atoms with Crippen molar-refractivity contribution in [3.05, 3.63) is 17.7 Å². The fraction of sp³-hybridized carbons (Fsp3) is 0.462.